The molecule has 2 aromatic rings. The highest BCUT2D eigenvalue weighted by molar-refractivity contribution is 5.98. The van der Waals surface area contributed by atoms with Crippen LogP contribution in [0.1, 0.15) is 54.2 Å². The zero-order valence-corrected chi connectivity index (χ0v) is 21.9. The molecule has 196 valence electrons. The number of aliphatic hydroxyl groups is 1. The molecule has 1 aliphatic heterocycles. The number of hydrogen-bond donors (Lipinski definition) is 3. The maximum atomic E-state index is 12.2. The quantitative estimate of drug-likeness (QED) is 0.271. The molecule has 9 heteroatoms. The van der Waals surface area contributed by atoms with Gasteiger partial charge in [-0.1, -0.05) is 18.7 Å². The fourth-order valence-corrected chi connectivity index (χ4v) is 4.36. The highest BCUT2D eigenvalue weighted by Gasteiger charge is 2.22. The van der Waals surface area contributed by atoms with Crippen LogP contribution in [0.2, 0.25) is 0 Å². The van der Waals surface area contributed by atoms with Gasteiger partial charge in [-0.15, -0.1) is 0 Å². The van der Waals surface area contributed by atoms with E-state index in [1.54, 1.807) is 25.1 Å². The second kappa shape index (κ2) is 12.5. The number of nitrogens with one attached hydrogen (secondary N) is 1. The van der Waals surface area contributed by atoms with Gasteiger partial charge >= 0.3 is 0 Å². The van der Waals surface area contributed by atoms with E-state index in [1.165, 1.54) is 5.56 Å². The molecule has 1 heterocycles. The van der Waals surface area contributed by atoms with Gasteiger partial charge in [-0.25, -0.2) is 4.99 Å². The van der Waals surface area contributed by atoms with Crippen molar-refractivity contribution in [1.82, 2.24) is 10.2 Å². The summed E-state index contributed by atoms with van der Waals surface area (Å²) in [5, 5.41) is 21.5. The first-order valence-corrected chi connectivity index (χ1v) is 12.3. The minimum absolute atomic E-state index is 0.0668. The molecule has 4 N–H and O–H groups in total. The van der Waals surface area contributed by atoms with Gasteiger partial charge in [0, 0.05) is 30.3 Å². The highest BCUT2D eigenvalue weighted by Crippen LogP contribution is 2.29. The molecule has 1 aliphatic rings. The lowest BCUT2D eigenvalue weighted by molar-refractivity contribution is -0.123. The summed E-state index contributed by atoms with van der Waals surface area (Å²) >= 11 is 0. The number of hydrogen-bond acceptors (Lipinski definition) is 8. The van der Waals surface area contributed by atoms with E-state index in [1.807, 2.05) is 32.9 Å². The minimum atomic E-state index is -0.263. The van der Waals surface area contributed by atoms with Crippen molar-refractivity contribution >= 4 is 17.5 Å². The van der Waals surface area contributed by atoms with Crippen LogP contribution in [0.15, 0.2) is 41.9 Å². The second-order valence-electron chi connectivity index (χ2n) is 9.46. The van der Waals surface area contributed by atoms with Crippen molar-refractivity contribution in [3.63, 3.8) is 0 Å². The summed E-state index contributed by atoms with van der Waals surface area (Å²) in [7, 11) is 0. The molecule has 0 bridgehead atoms. The van der Waals surface area contributed by atoms with Gasteiger partial charge in [0.15, 0.2) is 0 Å². The fraction of sp³-hybridized carbons (Fsp3) is 0.393. The maximum Gasteiger partial charge on any atom is 0.245 e. The van der Waals surface area contributed by atoms with Crippen LogP contribution in [0.5, 0.6) is 5.75 Å². The van der Waals surface area contributed by atoms with Gasteiger partial charge in [-0.2, -0.15) is 11.2 Å². The van der Waals surface area contributed by atoms with Crippen molar-refractivity contribution in [3.8, 4) is 11.8 Å². The fourth-order valence-electron chi connectivity index (χ4n) is 4.36. The monoisotopic (exact) mass is 505 g/mol. The number of rotatable bonds is 9. The van der Waals surface area contributed by atoms with E-state index in [4.69, 9.17) is 20.6 Å². The molecule has 0 unspecified atom stereocenters. The van der Waals surface area contributed by atoms with Crippen LogP contribution >= 0.6 is 0 Å². The number of aliphatic imine (C=N–C) groups is 1. The average molecular weight is 506 g/mol. The number of benzene rings is 2. The zero-order valence-electron chi connectivity index (χ0n) is 21.9. The summed E-state index contributed by atoms with van der Waals surface area (Å²) in [5.41, 5.74) is 5.69. The van der Waals surface area contributed by atoms with Gasteiger partial charge in [0.1, 0.15) is 11.8 Å². The Hall–Kier alpha value is -3.71. The SMILES string of the molecule is C=C(N=C(ON)c1ccc(OC(C)C)c(C#N)c1)c1ccc2c(c1C)CCN(CC(=O)N[C@H](C)CO)C2. The van der Waals surface area contributed by atoms with Crippen LogP contribution < -0.4 is 16.0 Å². The summed E-state index contributed by atoms with van der Waals surface area (Å²) in [6.45, 7) is 13.3. The molecule has 0 fully saturated rings. The summed E-state index contributed by atoms with van der Waals surface area (Å²) in [6, 6.07) is 10.9. The van der Waals surface area contributed by atoms with Crippen molar-refractivity contribution < 1.29 is 19.5 Å². The summed E-state index contributed by atoms with van der Waals surface area (Å²) in [5.74, 6) is 6.07. The van der Waals surface area contributed by atoms with Crippen LogP contribution in [-0.2, 0) is 22.6 Å². The van der Waals surface area contributed by atoms with Gasteiger partial charge in [0.05, 0.1) is 30.5 Å². The van der Waals surface area contributed by atoms with Crippen molar-refractivity contribution in [2.24, 2.45) is 10.9 Å². The Morgan fingerprint density at radius 3 is 2.73 bits per heavy atom. The number of amides is 1. The third-order valence-electron chi connectivity index (χ3n) is 6.18. The first-order valence-electron chi connectivity index (χ1n) is 12.3. The molecule has 37 heavy (non-hydrogen) atoms. The van der Waals surface area contributed by atoms with E-state index in [-0.39, 0.29) is 37.1 Å². The molecule has 1 amide bonds. The largest absolute Gasteiger partial charge is 0.490 e. The molecule has 3 rings (SSSR count). The van der Waals surface area contributed by atoms with Crippen LogP contribution in [0.3, 0.4) is 0 Å². The molecule has 0 saturated carbocycles. The standard InChI is InChI=1S/C28H35N5O4/c1-17(2)36-26-9-7-21(12-23(26)13-29)28(37-30)32-20(5)24-8-6-22-14-33(11-10-25(22)19(24)4)15-27(35)31-18(3)16-34/h6-9,12,17-18,34H,5,10-11,14-16,30H2,1-4H3,(H,31,35)/t18-/m1/s1. The Morgan fingerprint density at radius 2 is 2.08 bits per heavy atom. The van der Waals surface area contributed by atoms with E-state index in [2.05, 4.69) is 27.9 Å². The van der Waals surface area contributed by atoms with E-state index >= 15 is 0 Å². The zero-order chi connectivity index (χ0) is 27.1. The molecule has 0 saturated heterocycles. The van der Waals surface area contributed by atoms with Crippen LogP contribution in [0.4, 0.5) is 0 Å². The predicted octanol–water partition coefficient (Wildman–Crippen LogP) is 2.82. The normalized spacial score (nSPS) is 14.5. The average Bonchev–Trinajstić information content (AvgIpc) is 2.87. The van der Waals surface area contributed by atoms with Gasteiger partial charge in [0.25, 0.3) is 0 Å². The Balaban J connectivity index is 1.79. The Bertz CT molecular complexity index is 1230. The number of nitrogens with zero attached hydrogens (tertiary/aromatic N) is 3. The van der Waals surface area contributed by atoms with Gasteiger partial charge in [-0.3, -0.25) is 9.69 Å². The van der Waals surface area contributed by atoms with Gasteiger partial charge < -0.3 is 20.0 Å². The summed E-state index contributed by atoms with van der Waals surface area (Å²) in [4.78, 5) is 23.9. The summed E-state index contributed by atoms with van der Waals surface area (Å²) in [6.07, 6.45) is 0.723. The molecule has 0 radical (unpaired) electrons. The van der Waals surface area contributed by atoms with Crippen LogP contribution in [0, 0.1) is 18.3 Å². The lowest BCUT2D eigenvalue weighted by atomic mass is 9.91. The van der Waals surface area contributed by atoms with Crippen molar-refractivity contribution in [2.45, 2.75) is 52.8 Å². The third kappa shape index (κ3) is 6.95. The predicted molar refractivity (Wildman–Crippen MR) is 143 cm³/mol. The Kier molecular flexibility index (Phi) is 9.42. The van der Waals surface area contributed by atoms with E-state index < -0.39 is 0 Å². The van der Waals surface area contributed by atoms with Crippen molar-refractivity contribution in [3.05, 3.63) is 70.3 Å². The molecule has 0 aromatic heterocycles. The number of carbonyl (C=O) groups is 1. The number of aliphatic hydroxyl groups excluding tert-OH is 1. The van der Waals surface area contributed by atoms with Crippen LogP contribution in [0.25, 0.3) is 5.70 Å². The molecule has 9 nitrogen and oxygen atoms in total. The van der Waals surface area contributed by atoms with Gasteiger partial charge in [-0.05, 0) is 69.0 Å². The van der Waals surface area contributed by atoms with E-state index in [9.17, 15) is 10.1 Å². The lowest BCUT2D eigenvalue weighted by Crippen LogP contribution is -2.43. The first kappa shape index (κ1) is 27.9. The lowest BCUT2D eigenvalue weighted by Gasteiger charge is -2.30. The highest BCUT2D eigenvalue weighted by atomic mass is 16.6. The summed E-state index contributed by atoms with van der Waals surface area (Å²) < 4.78 is 5.69. The molecular formula is C28H35N5O4. The minimum Gasteiger partial charge on any atom is -0.490 e. The topological polar surface area (TPSA) is 133 Å². The molecular weight excluding hydrogens is 470 g/mol. The number of ether oxygens (including phenoxy) is 1. The van der Waals surface area contributed by atoms with E-state index in [0.29, 0.717) is 29.1 Å². The first-order chi connectivity index (χ1) is 17.7. The number of nitrogens with two attached hydrogens (primary N) is 1. The number of nitriles is 1. The second-order valence-corrected chi connectivity index (χ2v) is 9.46. The van der Waals surface area contributed by atoms with Crippen molar-refractivity contribution in [2.75, 3.05) is 19.7 Å². The number of carbonyl (C=O) groups excluding carboxylic acids is 1. The Morgan fingerprint density at radius 1 is 1.32 bits per heavy atom. The number of fused-ring (bicyclic) bond motifs is 1. The molecule has 0 aliphatic carbocycles. The van der Waals surface area contributed by atoms with E-state index in [0.717, 1.165) is 29.7 Å². The molecule has 1 atom stereocenters. The van der Waals surface area contributed by atoms with Crippen LogP contribution in [-0.4, -0.2) is 53.7 Å². The van der Waals surface area contributed by atoms with Crippen molar-refractivity contribution in [1.29, 1.82) is 5.26 Å². The molecule has 0 spiro atoms. The Labute approximate surface area is 218 Å². The molecule has 2 aromatic carbocycles. The maximum absolute atomic E-state index is 12.2. The van der Waals surface area contributed by atoms with Gasteiger partial charge in [0.2, 0.25) is 11.8 Å². The third-order valence-corrected chi connectivity index (χ3v) is 6.18. The smallest absolute Gasteiger partial charge is 0.245 e.